The zero-order chi connectivity index (χ0) is 14.7. The molecule has 0 radical (unpaired) electrons. The van der Waals surface area contributed by atoms with Crippen LogP contribution in [0.5, 0.6) is 0 Å². The van der Waals surface area contributed by atoms with Gasteiger partial charge in [0, 0.05) is 10.2 Å². The maximum absolute atomic E-state index is 12.2. The van der Waals surface area contributed by atoms with E-state index in [0.29, 0.717) is 21.8 Å². The van der Waals surface area contributed by atoms with Crippen molar-refractivity contribution in [2.75, 3.05) is 5.32 Å². The molecular weight excluding hydrogens is 340 g/mol. The SMILES string of the molecule is Cc1cccc(C(=O)Nc2ccc(C#N)c(Cl)c2)c1Br. The Morgan fingerprint density at radius 2 is 2.10 bits per heavy atom. The van der Waals surface area contributed by atoms with E-state index in [1.165, 1.54) is 0 Å². The molecule has 2 aromatic carbocycles. The lowest BCUT2D eigenvalue weighted by Gasteiger charge is -2.09. The Bertz CT molecular complexity index is 722. The van der Waals surface area contributed by atoms with Gasteiger partial charge in [-0.1, -0.05) is 23.7 Å². The van der Waals surface area contributed by atoms with Crippen molar-refractivity contribution in [1.82, 2.24) is 0 Å². The number of anilines is 1. The first-order valence-electron chi connectivity index (χ1n) is 5.79. The van der Waals surface area contributed by atoms with Crippen LogP contribution in [0, 0.1) is 18.3 Å². The molecule has 2 rings (SSSR count). The predicted octanol–water partition coefficient (Wildman–Crippen LogP) is 4.53. The lowest BCUT2D eigenvalue weighted by atomic mass is 10.1. The number of halogens is 2. The Morgan fingerprint density at radius 1 is 1.35 bits per heavy atom. The number of aryl methyl sites for hydroxylation is 1. The van der Waals surface area contributed by atoms with Gasteiger partial charge in [0.25, 0.3) is 5.91 Å². The molecule has 3 nitrogen and oxygen atoms in total. The number of benzene rings is 2. The average Bonchev–Trinajstić information content (AvgIpc) is 2.42. The zero-order valence-corrected chi connectivity index (χ0v) is 12.9. The minimum absolute atomic E-state index is 0.235. The van der Waals surface area contributed by atoms with Gasteiger partial charge in [0.05, 0.1) is 16.1 Å². The van der Waals surface area contributed by atoms with Crippen molar-refractivity contribution in [2.24, 2.45) is 0 Å². The average molecular weight is 350 g/mol. The van der Waals surface area contributed by atoms with E-state index in [9.17, 15) is 4.79 Å². The van der Waals surface area contributed by atoms with E-state index in [-0.39, 0.29) is 5.91 Å². The molecule has 20 heavy (non-hydrogen) atoms. The lowest BCUT2D eigenvalue weighted by molar-refractivity contribution is 0.102. The second kappa shape index (κ2) is 6.08. The van der Waals surface area contributed by atoms with Crippen molar-refractivity contribution >= 4 is 39.1 Å². The molecule has 5 heteroatoms. The van der Waals surface area contributed by atoms with Crippen LogP contribution in [0.3, 0.4) is 0 Å². The van der Waals surface area contributed by atoms with Crippen LogP contribution in [0.1, 0.15) is 21.5 Å². The van der Waals surface area contributed by atoms with Crippen molar-refractivity contribution in [2.45, 2.75) is 6.92 Å². The van der Waals surface area contributed by atoms with Crippen molar-refractivity contribution < 1.29 is 4.79 Å². The number of nitrogens with zero attached hydrogens (tertiary/aromatic N) is 1. The van der Waals surface area contributed by atoms with Gasteiger partial charge in [-0.05, 0) is 52.7 Å². The number of carbonyl (C=O) groups excluding carboxylic acids is 1. The van der Waals surface area contributed by atoms with Crippen LogP contribution in [-0.4, -0.2) is 5.91 Å². The highest BCUT2D eigenvalue weighted by Crippen LogP contribution is 2.24. The summed E-state index contributed by atoms with van der Waals surface area (Å²) in [4.78, 5) is 12.2. The number of carbonyl (C=O) groups is 1. The third-order valence-corrected chi connectivity index (χ3v) is 4.15. The molecule has 0 aliphatic heterocycles. The largest absolute Gasteiger partial charge is 0.322 e. The third kappa shape index (κ3) is 3.01. The molecule has 0 unspecified atom stereocenters. The maximum Gasteiger partial charge on any atom is 0.256 e. The molecule has 0 fully saturated rings. The summed E-state index contributed by atoms with van der Waals surface area (Å²) in [6.45, 7) is 1.92. The fourth-order valence-electron chi connectivity index (χ4n) is 1.70. The van der Waals surface area contributed by atoms with Gasteiger partial charge in [-0.3, -0.25) is 4.79 Å². The van der Waals surface area contributed by atoms with Crippen molar-refractivity contribution in [3.05, 3.63) is 62.6 Å². The summed E-state index contributed by atoms with van der Waals surface area (Å²) in [7, 11) is 0. The number of nitrogens with one attached hydrogen (secondary N) is 1. The molecule has 0 saturated carbocycles. The summed E-state index contributed by atoms with van der Waals surface area (Å²) in [6, 6.07) is 12.2. The number of hydrogen-bond acceptors (Lipinski definition) is 2. The zero-order valence-electron chi connectivity index (χ0n) is 10.6. The van der Waals surface area contributed by atoms with Crippen LogP contribution in [0.2, 0.25) is 5.02 Å². The monoisotopic (exact) mass is 348 g/mol. The molecule has 0 aliphatic rings. The highest BCUT2D eigenvalue weighted by Gasteiger charge is 2.12. The van der Waals surface area contributed by atoms with Gasteiger partial charge in [-0.2, -0.15) is 5.26 Å². The minimum atomic E-state index is -0.235. The molecule has 0 aliphatic carbocycles. The summed E-state index contributed by atoms with van der Waals surface area (Å²) in [5.41, 5.74) is 2.45. The van der Waals surface area contributed by atoms with Gasteiger partial charge in [0.15, 0.2) is 0 Å². The Morgan fingerprint density at radius 3 is 2.75 bits per heavy atom. The first-order chi connectivity index (χ1) is 9.52. The summed E-state index contributed by atoms with van der Waals surface area (Å²) >= 11 is 9.33. The lowest BCUT2D eigenvalue weighted by Crippen LogP contribution is -2.13. The van der Waals surface area contributed by atoms with E-state index < -0.39 is 0 Å². The first kappa shape index (κ1) is 14.6. The molecule has 0 spiro atoms. The molecule has 0 heterocycles. The normalized spacial score (nSPS) is 9.90. The molecule has 100 valence electrons. The van der Waals surface area contributed by atoms with E-state index in [4.69, 9.17) is 16.9 Å². The van der Waals surface area contributed by atoms with Gasteiger partial charge < -0.3 is 5.32 Å². The van der Waals surface area contributed by atoms with Crippen molar-refractivity contribution in [1.29, 1.82) is 5.26 Å². The van der Waals surface area contributed by atoms with Crippen LogP contribution in [-0.2, 0) is 0 Å². The smallest absolute Gasteiger partial charge is 0.256 e. The number of rotatable bonds is 2. The van der Waals surface area contributed by atoms with Crippen LogP contribution in [0.4, 0.5) is 5.69 Å². The molecule has 0 saturated heterocycles. The molecular formula is C15H10BrClN2O. The minimum Gasteiger partial charge on any atom is -0.322 e. The Labute approximate surface area is 130 Å². The second-order valence-corrected chi connectivity index (χ2v) is 5.40. The highest BCUT2D eigenvalue weighted by molar-refractivity contribution is 9.10. The van der Waals surface area contributed by atoms with Gasteiger partial charge >= 0.3 is 0 Å². The Balaban J connectivity index is 2.26. The van der Waals surface area contributed by atoms with Crippen molar-refractivity contribution in [3.8, 4) is 6.07 Å². The van der Waals surface area contributed by atoms with Crippen LogP contribution >= 0.6 is 27.5 Å². The van der Waals surface area contributed by atoms with E-state index in [1.807, 2.05) is 25.1 Å². The first-order valence-corrected chi connectivity index (χ1v) is 6.96. The molecule has 1 N–H and O–H groups in total. The Kier molecular flexibility index (Phi) is 4.43. The topological polar surface area (TPSA) is 52.9 Å². The summed E-state index contributed by atoms with van der Waals surface area (Å²) < 4.78 is 0.761. The molecule has 2 aromatic rings. The molecule has 0 atom stereocenters. The second-order valence-electron chi connectivity index (χ2n) is 4.20. The van der Waals surface area contributed by atoms with Gasteiger partial charge in [-0.15, -0.1) is 0 Å². The van der Waals surface area contributed by atoms with Gasteiger partial charge in [0.2, 0.25) is 0 Å². The van der Waals surface area contributed by atoms with Gasteiger partial charge in [0.1, 0.15) is 6.07 Å². The number of hydrogen-bond donors (Lipinski definition) is 1. The number of amides is 1. The molecule has 0 bridgehead atoms. The Hall–Kier alpha value is -1.83. The van der Waals surface area contributed by atoms with E-state index in [0.717, 1.165) is 10.0 Å². The fourth-order valence-corrected chi connectivity index (χ4v) is 2.37. The van der Waals surface area contributed by atoms with E-state index in [1.54, 1.807) is 24.3 Å². The highest BCUT2D eigenvalue weighted by atomic mass is 79.9. The summed E-state index contributed by atoms with van der Waals surface area (Å²) in [5, 5.41) is 11.9. The van der Waals surface area contributed by atoms with Crippen molar-refractivity contribution in [3.63, 3.8) is 0 Å². The molecule has 1 amide bonds. The third-order valence-electron chi connectivity index (χ3n) is 2.78. The summed E-state index contributed by atoms with van der Waals surface area (Å²) in [5.74, 6) is -0.235. The summed E-state index contributed by atoms with van der Waals surface area (Å²) in [6.07, 6.45) is 0. The van der Waals surface area contributed by atoms with Crippen LogP contribution in [0.25, 0.3) is 0 Å². The quantitative estimate of drug-likeness (QED) is 0.865. The fraction of sp³-hybridized carbons (Fsp3) is 0.0667. The van der Waals surface area contributed by atoms with Crippen LogP contribution < -0.4 is 5.32 Å². The maximum atomic E-state index is 12.2. The standard InChI is InChI=1S/C15H10BrClN2O/c1-9-3-2-4-12(14(9)16)15(20)19-11-6-5-10(8-18)13(17)7-11/h2-7H,1H3,(H,19,20). The van der Waals surface area contributed by atoms with Crippen LogP contribution in [0.15, 0.2) is 40.9 Å². The molecule has 0 aromatic heterocycles. The van der Waals surface area contributed by atoms with E-state index in [2.05, 4.69) is 21.2 Å². The predicted molar refractivity (Wildman–Crippen MR) is 83.0 cm³/mol. The van der Waals surface area contributed by atoms with E-state index >= 15 is 0 Å². The number of nitriles is 1. The van der Waals surface area contributed by atoms with Gasteiger partial charge in [-0.25, -0.2) is 0 Å².